The molecular weight excluding hydrogens is 320 g/mol. The topological polar surface area (TPSA) is 113 Å². The van der Waals surface area contributed by atoms with E-state index in [1.165, 1.54) is 18.2 Å². The number of nitriles is 1. The monoisotopic (exact) mass is 328 g/mol. The Hall–Kier alpha value is -2.98. The maximum absolute atomic E-state index is 12.4. The summed E-state index contributed by atoms with van der Waals surface area (Å²) in [7, 11) is 0. The standard InChI is InChI=1S/C15H9ClN4O3/c1-7-4-12(20-23-7)13(21)10(6-17)14-18-11-5-8(16)2-3-9(11)15(22)19-14/h2-5,10H,1H3,(H,18,19,22). The summed E-state index contributed by atoms with van der Waals surface area (Å²) in [6, 6.07) is 7.84. The van der Waals surface area contributed by atoms with Gasteiger partial charge in [-0.25, -0.2) is 4.98 Å². The first-order chi connectivity index (χ1) is 11.0. The molecule has 8 heteroatoms. The molecule has 0 fully saturated rings. The number of ketones is 1. The average molecular weight is 329 g/mol. The lowest BCUT2D eigenvalue weighted by Crippen LogP contribution is -2.20. The molecule has 2 aromatic heterocycles. The van der Waals surface area contributed by atoms with E-state index >= 15 is 0 Å². The number of hydrogen-bond acceptors (Lipinski definition) is 6. The fourth-order valence-electron chi connectivity index (χ4n) is 2.14. The molecule has 2 heterocycles. The Balaban J connectivity index is 2.12. The molecule has 3 rings (SSSR count). The van der Waals surface area contributed by atoms with Crippen molar-refractivity contribution in [3.8, 4) is 6.07 Å². The second kappa shape index (κ2) is 5.66. The van der Waals surface area contributed by atoms with Crippen molar-refractivity contribution in [2.75, 3.05) is 0 Å². The predicted octanol–water partition coefficient (Wildman–Crippen LogP) is 2.36. The van der Waals surface area contributed by atoms with E-state index in [-0.39, 0.29) is 11.5 Å². The maximum atomic E-state index is 12.4. The van der Waals surface area contributed by atoms with Crippen molar-refractivity contribution in [2.24, 2.45) is 0 Å². The van der Waals surface area contributed by atoms with Crippen LogP contribution >= 0.6 is 11.6 Å². The molecule has 23 heavy (non-hydrogen) atoms. The SMILES string of the molecule is Cc1cc(C(=O)C(C#N)c2nc3cc(Cl)ccc3c(=O)[nH]2)no1. The molecule has 3 aromatic rings. The van der Waals surface area contributed by atoms with Crippen LogP contribution in [0.5, 0.6) is 0 Å². The van der Waals surface area contributed by atoms with Crippen LogP contribution in [0.4, 0.5) is 0 Å². The van der Waals surface area contributed by atoms with Crippen LogP contribution in [-0.2, 0) is 0 Å². The second-order valence-electron chi connectivity index (χ2n) is 4.86. The normalized spacial score (nSPS) is 12.0. The van der Waals surface area contributed by atoms with Crippen molar-refractivity contribution < 1.29 is 9.32 Å². The average Bonchev–Trinajstić information content (AvgIpc) is 2.94. The molecule has 114 valence electrons. The lowest BCUT2D eigenvalue weighted by molar-refractivity contribution is 0.0967. The number of H-pyrrole nitrogens is 1. The highest BCUT2D eigenvalue weighted by molar-refractivity contribution is 6.31. The molecule has 0 aliphatic carbocycles. The third-order valence-corrected chi connectivity index (χ3v) is 3.47. The Morgan fingerprint density at radius 1 is 1.43 bits per heavy atom. The quantitative estimate of drug-likeness (QED) is 0.738. The van der Waals surface area contributed by atoms with Crippen molar-refractivity contribution in [3.63, 3.8) is 0 Å². The number of carbonyl (C=O) groups is 1. The highest BCUT2D eigenvalue weighted by atomic mass is 35.5. The minimum absolute atomic E-state index is 0.00268. The zero-order chi connectivity index (χ0) is 16.6. The number of Topliss-reactive ketones (excluding diaryl/α,β-unsaturated/α-hetero) is 1. The van der Waals surface area contributed by atoms with Gasteiger partial charge in [0.25, 0.3) is 5.56 Å². The summed E-state index contributed by atoms with van der Waals surface area (Å²) in [5.74, 6) is -1.51. The number of aromatic nitrogens is 3. The van der Waals surface area contributed by atoms with Crippen LogP contribution < -0.4 is 5.56 Å². The highest BCUT2D eigenvalue weighted by Gasteiger charge is 2.27. The minimum atomic E-state index is -1.30. The Bertz CT molecular complexity index is 1020. The van der Waals surface area contributed by atoms with Gasteiger partial charge in [-0.3, -0.25) is 9.59 Å². The summed E-state index contributed by atoms with van der Waals surface area (Å²) in [4.78, 5) is 31.1. The first-order valence-corrected chi connectivity index (χ1v) is 6.94. The van der Waals surface area contributed by atoms with Gasteiger partial charge < -0.3 is 9.51 Å². The third-order valence-electron chi connectivity index (χ3n) is 3.23. The molecule has 0 radical (unpaired) electrons. The van der Waals surface area contributed by atoms with Crippen LogP contribution in [0.2, 0.25) is 5.02 Å². The van der Waals surface area contributed by atoms with Crippen molar-refractivity contribution in [2.45, 2.75) is 12.8 Å². The van der Waals surface area contributed by atoms with Crippen molar-refractivity contribution in [1.82, 2.24) is 15.1 Å². The minimum Gasteiger partial charge on any atom is -0.361 e. The summed E-state index contributed by atoms with van der Waals surface area (Å²) in [6.07, 6.45) is 0. The summed E-state index contributed by atoms with van der Waals surface area (Å²) in [5, 5.41) is 13.6. The molecule has 0 aliphatic heterocycles. The third kappa shape index (κ3) is 2.72. The van der Waals surface area contributed by atoms with E-state index in [9.17, 15) is 14.9 Å². The molecule has 7 nitrogen and oxygen atoms in total. The smallest absolute Gasteiger partial charge is 0.258 e. The molecule has 1 atom stereocenters. The Morgan fingerprint density at radius 3 is 2.87 bits per heavy atom. The van der Waals surface area contributed by atoms with E-state index in [1.54, 1.807) is 13.0 Å². The van der Waals surface area contributed by atoms with Gasteiger partial charge in [-0.05, 0) is 25.1 Å². The first-order valence-electron chi connectivity index (χ1n) is 6.56. The molecule has 0 amide bonds. The first kappa shape index (κ1) is 14.9. The van der Waals surface area contributed by atoms with Gasteiger partial charge in [0.15, 0.2) is 11.6 Å². The predicted molar refractivity (Wildman–Crippen MR) is 81.3 cm³/mol. The zero-order valence-electron chi connectivity index (χ0n) is 11.8. The van der Waals surface area contributed by atoms with E-state index in [4.69, 9.17) is 16.1 Å². The Morgan fingerprint density at radius 2 is 2.22 bits per heavy atom. The van der Waals surface area contributed by atoms with Crippen LogP contribution in [0.3, 0.4) is 0 Å². The number of aromatic amines is 1. The van der Waals surface area contributed by atoms with Gasteiger partial charge in [0.1, 0.15) is 11.6 Å². The van der Waals surface area contributed by atoms with E-state index in [1.807, 2.05) is 6.07 Å². The second-order valence-corrected chi connectivity index (χ2v) is 5.30. The van der Waals surface area contributed by atoms with Crippen molar-refractivity contribution >= 4 is 28.3 Å². The van der Waals surface area contributed by atoms with Gasteiger partial charge in [-0.15, -0.1) is 0 Å². The number of aryl methyl sites for hydroxylation is 1. The largest absolute Gasteiger partial charge is 0.361 e. The number of halogens is 1. The van der Waals surface area contributed by atoms with Crippen LogP contribution in [-0.4, -0.2) is 20.9 Å². The molecule has 1 aromatic carbocycles. The van der Waals surface area contributed by atoms with Crippen LogP contribution in [0.1, 0.15) is 28.0 Å². The number of nitrogens with one attached hydrogen (secondary N) is 1. The Kier molecular flexibility index (Phi) is 3.68. The van der Waals surface area contributed by atoms with Gasteiger partial charge in [0.2, 0.25) is 5.78 Å². The molecule has 0 spiro atoms. The van der Waals surface area contributed by atoms with Gasteiger partial charge in [0, 0.05) is 11.1 Å². The van der Waals surface area contributed by atoms with Gasteiger partial charge in [0.05, 0.1) is 17.0 Å². The number of hydrogen-bond donors (Lipinski definition) is 1. The molecule has 1 N–H and O–H groups in total. The lowest BCUT2D eigenvalue weighted by Gasteiger charge is -2.07. The summed E-state index contributed by atoms with van der Waals surface area (Å²) < 4.78 is 4.84. The van der Waals surface area contributed by atoms with Crippen molar-refractivity contribution in [1.29, 1.82) is 5.26 Å². The lowest BCUT2D eigenvalue weighted by atomic mass is 10.0. The van der Waals surface area contributed by atoms with Crippen LogP contribution in [0.25, 0.3) is 10.9 Å². The van der Waals surface area contributed by atoms with E-state index < -0.39 is 17.3 Å². The van der Waals surface area contributed by atoms with Crippen LogP contribution in [0.15, 0.2) is 33.6 Å². The number of rotatable bonds is 3. The maximum Gasteiger partial charge on any atom is 0.258 e. The Labute approximate surface area is 134 Å². The molecule has 0 aliphatic rings. The number of benzene rings is 1. The number of nitrogens with zero attached hydrogens (tertiary/aromatic N) is 3. The van der Waals surface area contributed by atoms with Gasteiger partial charge >= 0.3 is 0 Å². The number of fused-ring (bicyclic) bond motifs is 1. The highest BCUT2D eigenvalue weighted by Crippen LogP contribution is 2.20. The molecular formula is C15H9ClN4O3. The molecule has 0 bridgehead atoms. The van der Waals surface area contributed by atoms with Crippen molar-refractivity contribution in [3.05, 3.63) is 56.9 Å². The van der Waals surface area contributed by atoms with Crippen LogP contribution in [0, 0.1) is 18.3 Å². The van der Waals surface area contributed by atoms with E-state index in [0.717, 1.165) is 0 Å². The molecule has 1 unspecified atom stereocenters. The summed E-state index contributed by atoms with van der Waals surface area (Å²) in [6.45, 7) is 1.63. The van der Waals surface area contributed by atoms with E-state index in [2.05, 4.69) is 15.1 Å². The van der Waals surface area contributed by atoms with Gasteiger partial charge in [-0.1, -0.05) is 16.8 Å². The summed E-state index contributed by atoms with van der Waals surface area (Å²) in [5.41, 5.74) is -0.144. The molecule has 0 saturated heterocycles. The number of carbonyl (C=O) groups excluding carboxylic acids is 1. The van der Waals surface area contributed by atoms with Gasteiger partial charge in [-0.2, -0.15) is 5.26 Å². The fraction of sp³-hybridized carbons (Fsp3) is 0.133. The molecule has 0 saturated carbocycles. The fourth-order valence-corrected chi connectivity index (χ4v) is 2.31. The van der Waals surface area contributed by atoms with E-state index in [0.29, 0.717) is 21.7 Å². The summed E-state index contributed by atoms with van der Waals surface area (Å²) >= 11 is 5.89. The zero-order valence-corrected chi connectivity index (χ0v) is 12.6.